The van der Waals surface area contributed by atoms with Gasteiger partial charge in [0.25, 0.3) is 0 Å². The first kappa shape index (κ1) is 21.9. The second-order valence-electron chi connectivity index (χ2n) is 9.99. The molecule has 0 bridgehead atoms. The number of rotatable bonds is 4. The Bertz CT molecular complexity index is 1450. The molecule has 0 unspecified atom stereocenters. The molecule has 2 aliphatic rings. The molecule has 0 fully saturated rings. The zero-order valence-electron chi connectivity index (χ0n) is 20.3. The van der Waals surface area contributed by atoms with E-state index >= 15 is 0 Å². The number of terminal acetylenes is 1. The van der Waals surface area contributed by atoms with Crippen molar-refractivity contribution in [2.24, 2.45) is 0 Å². The van der Waals surface area contributed by atoms with Crippen LogP contribution >= 0.6 is 0 Å². The Labute approximate surface area is 208 Å². The highest BCUT2D eigenvalue weighted by atomic mass is 15.1. The molecule has 0 atom stereocenters. The number of hydrogen-bond acceptors (Lipinski definition) is 2. The van der Waals surface area contributed by atoms with Crippen molar-refractivity contribution in [3.8, 4) is 12.3 Å². The first-order chi connectivity index (χ1) is 17.2. The highest BCUT2D eigenvalue weighted by Gasteiger charge is 2.22. The highest BCUT2D eigenvalue weighted by Crippen LogP contribution is 2.32. The number of allylic oxidation sites excluding steroid dienone is 1. The van der Waals surface area contributed by atoms with Crippen molar-refractivity contribution >= 4 is 16.3 Å². The minimum atomic E-state index is 0.888. The van der Waals surface area contributed by atoms with Gasteiger partial charge in [0.15, 0.2) is 0 Å². The second-order valence-corrected chi connectivity index (χ2v) is 9.99. The molecule has 0 aromatic heterocycles. The monoisotopic (exact) mass is 454 g/mol. The van der Waals surface area contributed by atoms with Gasteiger partial charge in [-0.25, -0.2) is 0 Å². The third kappa shape index (κ3) is 4.30. The molecule has 0 radical (unpaired) electrons. The average molecular weight is 455 g/mol. The molecule has 6 rings (SSSR count). The molecule has 172 valence electrons. The Balaban J connectivity index is 1.19. The van der Waals surface area contributed by atoms with E-state index in [1.807, 2.05) is 6.08 Å². The van der Waals surface area contributed by atoms with Crippen LogP contribution in [0, 0.1) is 19.3 Å². The number of benzene rings is 4. The fraction of sp³-hybridized carbons (Fsp3) is 0.212. The fourth-order valence-corrected chi connectivity index (χ4v) is 6.02. The molecule has 0 saturated heterocycles. The van der Waals surface area contributed by atoms with Crippen LogP contribution in [0.1, 0.15) is 38.9 Å². The van der Waals surface area contributed by atoms with E-state index in [-0.39, 0.29) is 0 Å². The van der Waals surface area contributed by atoms with E-state index in [4.69, 9.17) is 6.42 Å². The normalized spacial score (nSPS) is 16.9. The lowest BCUT2D eigenvalue weighted by Crippen LogP contribution is -2.30. The van der Waals surface area contributed by atoms with Gasteiger partial charge in [0, 0.05) is 39.3 Å². The molecule has 2 nitrogen and oxygen atoms in total. The first-order valence-corrected chi connectivity index (χ1v) is 12.4. The van der Waals surface area contributed by atoms with Gasteiger partial charge in [0.2, 0.25) is 0 Å². The first-order valence-electron chi connectivity index (χ1n) is 12.4. The summed E-state index contributed by atoms with van der Waals surface area (Å²) in [5.74, 6) is 2.76. The van der Waals surface area contributed by atoms with Crippen LogP contribution in [0.5, 0.6) is 0 Å². The average Bonchev–Trinajstić information content (AvgIpc) is 2.85. The molecule has 2 heteroatoms. The van der Waals surface area contributed by atoms with Gasteiger partial charge in [-0.2, -0.15) is 0 Å². The van der Waals surface area contributed by atoms with Crippen molar-refractivity contribution in [2.45, 2.75) is 39.6 Å². The molecule has 2 heterocycles. The molecule has 4 aromatic carbocycles. The molecule has 0 amide bonds. The summed E-state index contributed by atoms with van der Waals surface area (Å²) in [4.78, 5) is 5.06. The topological polar surface area (TPSA) is 6.48 Å². The molecular formula is C33H30N2. The molecule has 0 aliphatic carbocycles. The summed E-state index contributed by atoms with van der Waals surface area (Å²) in [5.41, 5.74) is 10.9. The van der Waals surface area contributed by atoms with Crippen LogP contribution in [-0.2, 0) is 32.7 Å². The summed E-state index contributed by atoms with van der Waals surface area (Å²) in [6, 6.07) is 29.1. The predicted octanol–water partition coefficient (Wildman–Crippen LogP) is 6.70. The van der Waals surface area contributed by atoms with Gasteiger partial charge in [-0.1, -0.05) is 84.8 Å². The van der Waals surface area contributed by atoms with Crippen molar-refractivity contribution in [3.05, 3.63) is 124 Å². The van der Waals surface area contributed by atoms with Crippen LogP contribution < -0.4 is 0 Å². The smallest absolute Gasteiger partial charge is 0.0253 e. The minimum absolute atomic E-state index is 0.888. The Morgan fingerprint density at radius 2 is 1.31 bits per heavy atom. The molecule has 4 aromatic rings. The Kier molecular flexibility index (Phi) is 5.74. The van der Waals surface area contributed by atoms with Crippen molar-refractivity contribution in [2.75, 3.05) is 6.54 Å². The molecule has 0 spiro atoms. The zero-order chi connectivity index (χ0) is 23.8. The lowest BCUT2D eigenvalue weighted by molar-refractivity contribution is 0.243. The maximum absolute atomic E-state index is 5.68. The Hall–Kier alpha value is -3.64. The van der Waals surface area contributed by atoms with Crippen LogP contribution in [0.15, 0.2) is 84.9 Å². The summed E-state index contributed by atoms with van der Waals surface area (Å²) in [5, 5.41) is 2.81. The van der Waals surface area contributed by atoms with Crippen LogP contribution in [0.25, 0.3) is 16.3 Å². The van der Waals surface area contributed by atoms with Crippen molar-refractivity contribution in [1.29, 1.82) is 0 Å². The lowest BCUT2D eigenvalue weighted by Gasteiger charge is -2.32. The third-order valence-corrected chi connectivity index (χ3v) is 7.39. The third-order valence-electron chi connectivity index (χ3n) is 7.39. The van der Waals surface area contributed by atoms with Crippen molar-refractivity contribution in [3.63, 3.8) is 0 Å². The lowest BCUT2D eigenvalue weighted by atomic mass is 9.90. The molecule has 2 aliphatic heterocycles. The van der Waals surface area contributed by atoms with Gasteiger partial charge in [-0.3, -0.25) is 9.80 Å². The van der Waals surface area contributed by atoms with E-state index in [0.717, 1.165) is 39.3 Å². The predicted molar refractivity (Wildman–Crippen MR) is 145 cm³/mol. The van der Waals surface area contributed by atoms with Gasteiger partial charge in [0.1, 0.15) is 0 Å². The summed E-state index contributed by atoms with van der Waals surface area (Å²) in [6.45, 7) is 7.91. The van der Waals surface area contributed by atoms with E-state index in [9.17, 15) is 0 Å². The van der Waals surface area contributed by atoms with E-state index in [1.165, 1.54) is 55.3 Å². The largest absolute Gasteiger partial charge is 0.291 e. The van der Waals surface area contributed by atoms with Crippen molar-refractivity contribution in [1.82, 2.24) is 9.80 Å². The molecule has 0 saturated carbocycles. The van der Waals surface area contributed by atoms with Gasteiger partial charge in [-0.05, 0) is 68.3 Å². The maximum Gasteiger partial charge on any atom is 0.0253 e. The quantitative estimate of drug-likeness (QED) is 0.317. The van der Waals surface area contributed by atoms with Crippen LogP contribution in [0.4, 0.5) is 0 Å². The van der Waals surface area contributed by atoms with Gasteiger partial charge in [0.05, 0.1) is 0 Å². The fourth-order valence-electron chi connectivity index (χ4n) is 6.02. The number of fused-ring (bicyclic) bond motifs is 1. The summed E-state index contributed by atoms with van der Waals surface area (Å²) < 4.78 is 0. The van der Waals surface area contributed by atoms with Crippen LogP contribution in [0.2, 0.25) is 0 Å². The standard InChI is InChI=1S/C33H30N2/c1-3-8-28-20-34(21-29-14-4-9-24(2)32(28)29)18-25-10-5-11-26(17-25)19-35-22-30-15-6-12-27-13-7-16-31(23-35)33(27)30/h1,4-17H,18-23H2,2H3/b28-8-. The molecule has 0 N–H and O–H groups in total. The van der Waals surface area contributed by atoms with Crippen LogP contribution in [-0.4, -0.2) is 16.3 Å². The van der Waals surface area contributed by atoms with E-state index in [1.54, 1.807) is 0 Å². The van der Waals surface area contributed by atoms with Gasteiger partial charge >= 0.3 is 0 Å². The Morgan fingerprint density at radius 3 is 2.00 bits per heavy atom. The summed E-state index contributed by atoms with van der Waals surface area (Å²) in [6.07, 6.45) is 7.63. The molecule has 35 heavy (non-hydrogen) atoms. The second kappa shape index (κ2) is 9.19. The van der Waals surface area contributed by atoms with Crippen LogP contribution in [0.3, 0.4) is 0 Å². The van der Waals surface area contributed by atoms with Gasteiger partial charge < -0.3 is 0 Å². The minimum Gasteiger partial charge on any atom is -0.291 e. The van der Waals surface area contributed by atoms with Gasteiger partial charge in [-0.15, -0.1) is 6.42 Å². The maximum atomic E-state index is 5.68. The number of aryl methyl sites for hydroxylation is 1. The number of nitrogens with zero attached hydrogens (tertiary/aromatic N) is 2. The number of hydrogen-bond donors (Lipinski definition) is 0. The SMILES string of the molecule is C#C/C=C1/CN(Cc2cccc(CN3Cc4cccc5cccc(c45)C3)c2)Cc2cccc(C)c21. The highest BCUT2D eigenvalue weighted by molar-refractivity contribution is 5.89. The molecular weight excluding hydrogens is 424 g/mol. The van der Waals surface area contributed by atoms with E-state index in [2.05, 4.69) is 102 Å². The summed E-state index contributed by atoms with van der Waals surface area (Å²) in [7, 11) is 0. The Morgan fingerprint density at radius 1 is 0.743 bits per heavy atom. The zero-order valence-corrected chi connectivity index (χ0v) is 20.3. The van der Waals surface area contributed by atoms with E-state index in [0.29, 0.717) is 0 Å². The summed E-state index contributed by atoms with van der Waals surface area (Å²) >= 11 is 0. The van der Waals surface area contributed by atoms with Crippen molar-refractivity contribution < 1.29 is 0 Å². The van der Waals surface area contributed by atoms with E-state index < -0.39 is 0 Å².